The van der Waals surface area contributed by atoms with E-state index in [-0.39, 0.29) is 0 Å². The van der Waals surface area contributed by atoms with Crippen molar-refractivity contribution in [1.29, 1.82) is 0 Å². The van der Waals surface area contributed by atoms with Crippen LogP contribution in [0, 0.1) is 0 Å². The Balaban J connectivity index is 1.63. The molecule has 0 atom stereocenters. The molecule has 1 aromatic heterocycles. The molecule has 4 aromatic rings. The van der Waals surface area contributed by atoms with Crippen molar-refractivity contribution in [2.45, 2.75) is 0 Å². The quantitative estimate of drug-likeness (QED) is 0.523. The fourth-order valence-corrected chi connectivity index (χ4v) is 4.30. The van der Waals surface area contributed by atoms with E-state index >= 15 is 0 Å². The third-order valence-corrected chi connectivity index (χ3v) is 5.74. The highest BCUT2D eigenvalue weighted by Gasteiger charge is 2.16. The lowest BCUT2D eigenvalue weighted by molar-refractivity contribution is 0.960. The summed E-state index contributed by atoms with van der Waals surface area (Å²) in [6, 6.07) is 23.4. The first-order valence-electron chi connectivity index (χ1n) is 10.4. The smallest absolute Gasteiger partial charge is 0.128 e. The molecule has 0 spiro atoms. The molecule has 2 aliphatic heterocycles. The maximum atomic E-state index is 5.13. The molecule has 0 saturated heterocycles. The van der Waals surface area contributed by atoms with Crippen LogP contribution < -0.4 is 10.6 Å². The van der Waals surface area contributed by atoms with E-state index in [0.717, 1.165) is 76.5 Å². The molecule has 2 N–H and O–H groups in total. The Kier molecular flexibility index (Phi) is 3.98. The second-order valence-corrected chi connectivity index (χ2v) is 7.63. The van der Waals surface area contributed by atoms with Gasteiger partial charge in [0, 0.05) is 40.6 Å². The highest BCUT2D eigenvalue weighted by Crippen LogP contribution is 2.33. The minimum atomic E-state index is 0.828. The minimum absolute atomic E-state index is 0.828. The van der Waals surface area contributed by atoms with Gasteiger partial charge in [-0.05, 0) is 17.5 Å². The number of aliphatic imine (C=N–C) groups is 2. The lowest BCUT2D eigenvalue weighted by atomic mass is 9.97. The number of amidine groups is 2. The molecule has 3 heterocycles. The van der Waals surface area contributed by atoms with Gasteiger partial charge in [-0.3, -0.25) is 9.98 Å². The van der Waals surface area contributed by atoms with Gasteiger partial charge in [-0.1, -0.05) is 54.6 Å². The third kappa shape index (κ3) is 2.82. The number of fused-ring (bicyclic) bond motifs is 3. The minimum Gasteiger partial charge on any atom is -0.368 e. The molecule has 0 amide bonds. The second-order valence-electron chi connectivity index (χ2n) is 7.63. The van der Waals surface area contributed by atoms with E-state index in [1.54, 1.807) is 0 Å². The van der Waals surface area contributed by atoms with E-state index in [1.807, 2.05) is 6.07 Å². The van der Waals surface area contributed by atoms with Crippen molar-refractivity contribution in [3.05, 3.63) is 77.9 Å². The van der Waals surface area contributed by atoms with Crippen molar-refractivity contribution in [2.24, 2.45) is 9.98 Å². The predicted octanol–water partition coefficient (Wildman–Crippen LogP) is 3.75. The number of aromatic nitrogens is 1. The van der Waals surface area contributed by atoms with E-state index < -0.39 is 0 Å². The zero-order chi connectivity index (χ0) is 19.9. The Labute approximate surface area is 174 Å². The summed E-state index contributed by atoms with van der Waals surface area (Å²) in [5, 5.41) is 10.2. The van der Waals surface area contributed by atoms with Gasteiger partial charge in [0.2, 0.25) is 0 Å². The van der Waals surface area contributed by atoms with Gasteiger partial charge in [-0.15, -0.1) is 0 Å². The van der Waals surface area contributed by atoms with Crippen LogP contribution in [0.5, 0.6) is 0 Å². The predicted molar refractivity (Wildman–Crippen MR) is 123 cm³/mol. The fraction of sp³-hybridized carbons (Fsp3) is 0.160. The molecule has 5 nitrogen and oxygen atoms in total. The molecule has 3 aromatic carbocycles. The number of hydrogen-bond acceptors (Lipinski definition) is 5. The summed E-state index contributed by atoms with van der Waals surface area (Å²) in [5.41, 5.74) is 5.30. The zero-order valence-electron chi connectivity index (χ0n) is 16.5. The summed E-state index contributed by atoms with van der Waals surface area (Å²) < 4.78 is 0. The van der Waals surface area contributed by atoms with E-state index in [1.165, 1.54) is 5.39 Å². The number of nitrogens with one attached hydrogen (secondary N) is 2. The molecule has 0 fully saturated rings. The van der Waals surface area contributed by atoms with E-state index in [0.29, 0.717) is 0 Å². The average molecular weight is 391 g/mol. The van der Waals surface area contributed by atoms with Gasteiger partial charge in [-0.2, -0.15) is 0 Å². The van der Waals surface area contributed by atoms with Gasteiger partial charge in [0.05, 0.1) is 24.3 Å². The van der Waals surface area contributed by atoms with Crippen molar-refractivity contribution >= 4 is 33.3 Å². The van der Waals surface area contributed by atoms with Crippen LogP contribution in [0.3, 0.4) is 0 Å². The lowest BCUT2D eigenvalue weighted by Gasteiger charge is -2.13. The van der Waals surface area contributed by atoms with Crippen LogP contribution >= 0.6 is 0 Å². The van der Waals surface area contributed by atoms with Gasteiger partial charge >= 0.3 is 0 Å². The van der Waals surface area contributed by atoms with E-state index in [4.69, 9.17) is 4.98 Å². The Bertz CT molecular complexity index is 1340. The largest absolute Gasteiger partial charge is 0.368 e. The summed E-state index contributed by atoms with van der Waals surface area (Å²) >= 11 is 0. The highest BCUT2D eigenvalue weighted by atomic mass is 15.1. The van der Waals surface area contributed by atoms with Gasteiger partial charge in [0.15, 0.2) is 0 Å². The number of benzene rings is 3. The molecule has 0 aliphatic carbocycles. The standard InChI is InChI=1S/C25H21N5/c1-2-4-16(5-3-1)23-21-14-17(24-26-10-11-27-24)6-8-19(21)20-9-7-18(15-22(20)30-23)25-28-12-13-29-25/h1-9,14-15H,10-13H2,(H,26,27)(H,28,29). The number of nitrogens with zero attached hydrogens (tertiary/aromatic N) is 3. The first-order chi connectivity index (χ1) is 14.9. The van der Waals surface area contributed by atoms with Crippen molar-refractivity contribution in [3.8, 4) is 11.3 Å². The Morgan fingerprint density at radius 3 is 1.93 bits per heavy atom. The molecule has 0 unspecified atom stereocenters. The summed E-state index contributed by atoms with van der Waals surface area (Å²) in [5.74, 6) is 1.93. The average Bonchev–Trinajstić information content (AvgIpc) is 3.53. The molecule has 5 heteroatoms. The topological polar surface area (TPSA) is 61.7 Å². The van der Waals surface area contributed by atoms with Crippen LogP contribution in [0.15, 0.2) is 76.7 Å². The molecule has 0 bridgehead atoms. The Morgan fingerprint density at radius 1 is 0.600 bits per heavy atom. The van der Waals surface area contributed by atoms with Crippen LogP contribution in [0.1, 0.15) is 11.1 Å². The number of rotatable bonds is 3. The number of hydrogen-bond donors (Lipinski definition) is 2. The summed E-state index contributed by atoms with van der Waals surface area (Å²) in [6.45, 7) is 3.45. The first kappa shape index (κ1) is 17.2. The molecule has 6 rings (SSSR count). The normalized spacial score (nSPS) is 15.7. The summed E-state index contributed by atoms with van der Waals surface area (Å²) in [4.78, 5) is 14.3. The van der Waals surface area contributed by atoms with Crippen molar-refractivity contribution in [2.75, 3.05) is 26.2 Å². The first-order valence-corrected chi connectivity index (χ1v) is 10.4. The number of pyridine rings is 1. The van der Waals surface area contributed by atoms with E-state index in [2.05, 4.69) is 81.3 Å². The third-order valence-electron chi connectivity index (χ3n) is 5.74. The lowest BCUT2D eigenvalue weighted by Crippen LogP contribution is -2.19. The molecule has 2 aliphatic rings. The summed E-state index contributed by atoms with van der Waals surface area (Å²) in [7, 11) is 0. The molecular formula is C25H21N5. The van der Waals surface area contributed by atoms with Crippen molar-refractivity contribution in [1.82, 2.24) is 15.6 Å². The molecular weight excluding hydrogens is 370 g/mol. The molecule has 146 valence electrons. The maximum Gasteiger partial charge on any atom is 0.128 e. The van der Waals surface area contributed by atoms with Crippen LogP contribution in [0.4, 0.5) is 0 Å². The zero-order valence-corrected chi connectivity index (χ0v) is 16.5. The highest BCUT2D eigenvalue weighted by molar-refractivity contribution is 6.14. The van der Waals surface area contributed by atoms with Crippen LogP contribution in [-0.2, 0) is 0 Å². The second kappa shape index (κ2) is 6.95. The van der Waals surface area contributed by atoms with Gasteiger partial charge < -0.3 is 10.6 Å². The Hall–Kier alpha value is -3.73. The maximum absolute atomic E-state index is 5.13. The van der Waals surface area contributed by atoms with Gasteiger partial charge in [0.25, 0.3) is 0 Å². The molecule has 30 heavy (non-hydrogen) atoms. The van der Waals surface area contributed by atoms with E-state index in [9.17, 15) is 0 Å². The molecule has 0 saturated carbocycles. The molecule has 0 radical (unpaired) electrons. The van der Waals surface area contributed by atoms with Crippen LogP contribution in [0.2, 0.25) is 0 Å². The Morgan fingerprint density at radius 2 is 1.27 bits per heavy atom. The summed E-state index contributed by atoms with van der Waals surface area (Å²) in [6.07, 6.45) is 0. The SMILES string of the molecule is c1ccc(-c2nc3cc(C4=NCCN4)ccc3c3ccc(C4=NCCN4)cc23)cc1. The van der Waals surface area contributed by atoms with Crippen LogP contribution in [0.25, 0.3) is 32.9 Å². The van der Waals surface area contributed by atoms with Crippen molar-refractivity contribution in [3.63, 3.8) is 0 Å². The monoisotopic (exact) mass is 391 g/mol. The van der Waals surface area contributed by atoms with Gasteiger partial charge in [-0.25, -0.2) is 4.98 Å². The fourth-order valence-electron chi connectivity index (χ4n) is 4.30. The van der Waals surface area contributed by atoms with Gasteiger partial charge in [0.1, 0.15) is 11.7 Å². The van der Waals surface area contributed by atoms with Crippen LogP contribution in [-0.4, -0.2) is 42.8 Å². The van der Waals surface area contributed by atoms with Crippen molar-refractivity contribution < 1.29 is 0 Å².